The Bertz CT molecular complexity index is 829. The van der Waals surface area contributed by atoms with Gasteiger partial charge in [0.1, 0.15) is 24.2 Å². The summed E-state index contributed by atoms with van der Waals surface area (Å²) in [6.45, 7) is 0.365. The zero-order chi connectivity index (χ0) is 25.1. The maximum Gasteiger partial charge on any atom is 0.326 e. The average molecular weight is 472 g/mol. The second-order valence-corrected chi connectivity index (χ2v) is 7.18. The number of carbonyl (C=O) groups excluding carboxylic acids is 3. The summed E-state index contributed by atoms with van der Waals surface area (Å²) in [4.78, 5) is 65.8. The number of carbonyl (C=O) groups is 5. The molecule has 0 aromatic carbocycles. The van der Waals surface area contributed by atoms with Crippen molar-refractivity contribution >= 4 is 29.7 Å². The number of nitrogens with zero attached hydrogens (tertiary/aromatic N) is 1. The van der Waals surface area contributed by atoms with Crippen molar-refractivity contribution in [3.8, 4) is 0 Å². The van der Waals surface area contributed by atoms with E-state index in [9.17, 15) is 34.2 Å². The Kier molecular flexibility index (Phi) is 10.9. The number of amides is 3. The number of nitrogens with one attached hydrogen (secondary N) is 4. The molecule has 0 radical (unpaired) electrons. The first-order valence-electron chi connectivity index (χ1n) is 9.83. The zero-order valence-corrected chi connectivity index (χ0v) is 17.7. The number of hydrogen-bond acceptors (Lipinski definition) is 9. The van der Waals surface area contributed by atoms with Crippen LogP contribution in [0.1, 0.15) is 25.5 Å². The summed E-state index contributed by atoms with van der Waals surface area (Å²) < 4.78 is 0. The molecule has 0 aliphatic heterocycles. The lowest BCUT2D eigenvalue weighted by Gasteiger charge is -2.24. The van der Waals surface area contributed by atoms with Crippen LogP contribution in [0.2, 0.25) is 0 Å². The van der Waals surface area contributed by atoms with E-state index in [2.05, 4.69) is 25.9 Å². The van der Waals surface area contributed by atoms with Crippen LogP contribution in [0.25, 0.3) is 0 Å². The molecule has 10 N–H and O–H groups in total. The maximum atomic E-state index is 12.8. The fraction of sp³-hybridized carbons (Fsp3) is 0.556. The minimum Gasteiger partial charge on any atom is -0.481 e. The number of aromatic nitrogens is 2. The molecule has 0 aliphatic rings. The van der Waals surface area contributed by atoms with E-state index >= 15 is 0 Å². The van der Waals surface area contributed by atoms with Crippen molar-refractivity contribution in [1.29, 1.82) is 0 Å². The molecule has 3 amide bonds. The lowest BCUT2D eigenvalue weighted by Crippen LogP contribution is -2.59. The minimum atomic E-state index is -1.60. The van der Waals surface area contributed by atoms with Gasteiger partial charge in [0.2, 0.25) is 17.7 Å². The van der Waals surface area contributed by atoms with Gasteiger partial charge in [0.25, 0.3) is 0 Å². The Balaban J connectivity index is 2.92. The quantitative estimate of drug-likeness (QED) is 0.126. The number of aromatic amines is 1. The van der Waals surface area contributed by atoms with Crippen LogP contribution in [-0.2, 0) is 30.4 Å². The fourth-order valence-electron chi connectivity index (χ4n) is 2.58. The first-order valence-corrected chi connectivity index (χ1v) is 9.83. The SMILES string of the molecule is CC(O)C(N)C(=O)NC(Cc1cnc[nH]1)C(=O)NC(CO)C(=O)NC(CCC(=O)O)C(=O)O. The number of aliphatic carboxylic acids is 2. The van der Waals surface area contributed by atoms with E-state index in [-0.39, 0.29) is 6.42 Å². The number of H-pyrrole nitrogens is 1. The Morgan fingerprint density at radius 2 is 1.61 bits per heavy atom. The van der Waals surface area contributed by atoms with Gasteiger partial charge >= 0.3 is 11.9 Å². The molecular formula is C18H28N6O9. The zero-order valence-electron chi connectivity index (χ0n) is 17.7. The number of imidazole rings is 1. The van der Waals surface area contributed by atoms with Crippen LogP contribution in [0, 0.1) is 0 Å². The summed E-state index contributed by atoms with van der Waals surface area (Å²) in [6.07, 6.45) is 0.446. The highest BCUT2D eigenvalue weighted by Crippen LogP contribution is 2.03. The summed E-state index contributed by atoms with van der Waals surface area (Å²) in [5, 5.41) is 43.5. The first-order chi connectivity index (χ1) is 15.5. The van der Waals surface area contributed by atoms with Gasteiger partial charge in [-0.1, -0.05) is 0 Å². The topological polar surface area (TPSA) is 257 Å². The van der Waals surface area contributed by atoms with Crippen LogP contribution in [-0.4, -0.2) is 96.9 Å². The van der Waals surface area contributed by atoms with Crippen molar-refractivity contribution in [1.82, 2.24) is 25.9 Å². The van der Waals surface area contributed by atoms with Crippen molar-refractivity contribution in [2.45, 2.75) is 56.5 Å². The fourth-order valence-corrected chi connectivity index (χ4v) is 2.58. The van der Waals surface area contributed by atoms with Crippen LogP contribution in [0.5, 0.6) is 0 Å². The third-order valence-electron chi connectivity index (χ3n) is 4.51. The van der Waals surface area contributed by atoms with E-state index in [1.807, 2.05) is 0 Å². The van der Waals surface area contributed by atoms with E-state index in [0.717, 1.165) is 0 Å². The number of carboxylic acids is 2. The third-order valence-corrected chi connectivity index (χ3v) is 4.51. The van der Waals surface area contributed by atoms with E-state index in [1.165, 1.54) is 19.4 Å². The third kappa shape index (κ3) is 9.22. The second kappa shape index (κ2) is 13.1. The molecule has 1 aromatic heterocycles. The van der Waals surface area contributed by atoms with Crippen LogP contribution in [0.4, 0.5) is 0 Å². The molecule has 0 bridgehead atoms. The molecule has 1 heterocycles. The molecule has 1 rings (SSSR count). The largest absolute Gasteiger partial charge is 0.481 e. The Morgan fingerprint density at radius 3 is 2.09 bits per heavy atom. The summed E-state index contributed by atoms with van der Waals surface area (Å²) >= 11 is 0. The predicted molar refractivity (Wildman–Crippen MR) is 109 cm³/mol. The number of hydrogen-bond donors (Lipinski definition) is 9. The maximum absolute atomic E-state index is 12.8. The molecule has 0 saturated carbocycles. The van der Waals surface area contributed by atoms with E-state index in [1.54, 1.807) is 0 Å². The number of nitrogens with two attached hydrogens (primary N) is 1. The van der Waals surface area contributed by atoms with Crippen LogP contribution in [0.3, 0.4) is 0 Å². The van der Waals surface area contributed by atoms with Crippen molar-refractivity contribution in [3.05, 3.63) is 18.2 Å². The summed E-state index contributed by atoms with van der Waals surface area (Å²) in [5.74, 6) is -5.60. The Labute approximate surface area is 187 Å². The van der Waals surface area contributed by atoms with Gasteiger partial charge in [-0.3, -0.25) is 19.2 Å². The van der Waals surface area contributed by atoms with Crippen LogP contribution in [0.15, 0.2) is 12.5 Å². The smallest absolute Gasteiger partial charge is 0.326 e. The monoisotopic (exact) mass is 472 g/mol. The molecule has 0 spiro atoms. The minimum absolute atomic E-state index is 0.111. The predicted octanol–water partition coefficient (Wildman–Crippen LogP) is -3.94. The van der Waals surface area contributed by atoms with Gasteiger partial charge in [0.05, 0.1) is 19.0 Å². The van der Waals surface area contributed by atoms with E-state index < -0.39 is 79.4 Å². The number of aliphatic hydroxyl groups excluding tert-OH is 2. The van der Waals surface area contributed by atoms with Gasteiger partial charge in [-0.15, -0.1) is 0 Å². The second-order valence-electron chi connectivity index (χ2n) is 7.18. The average Bonchev–Trinajstić information content (AvgIpc) is 3.26. The lowest BCUT2D eigenvalue weighted by atomic mass is 10.1. The van der Waals surface area contributed by atoms with Crippen LogP contribution < -0.4 is 21.7 Å². The van der Waals surface area contributed by atoms with Crippen molar-refractivity contribution < 1.29 is 44.4 Å². The molecule has 0 saturated heterocycles. The molecule has 15 heteroatoms. The summed E-state index contributed by atoms with van der Waals surface area (Å²) in [6, 6.07) is -5.81. The van der Waals surface area contributed by atoms with Gasteiger partial charge in [0, 0.05) is 24.7 Å². The van der Waals surface area contributed by atoms with Crippen molar-refractivity contribution in [3.63, 3.8) is 0 Å². The molecule has 5 unspecified atom stereocenters. The van der Waals surface area contributed by atoms with Gasteiger partial charge in [-0.25, -0.2) is 9.78 Å². The molecule has 184 valence electrons. The van der Waals surface area contributed by atoms with Gasteiger partial charge in [-0.2, -0.15) is 0 Å². The molecule has 15 nitrogen and oxygen atoms in total. The van der Waals surface area contributed by atoms with Gasteiger partial charge in [0.15, 0.2) is 0 Å². The summed E-state index contributed by atoms with van der Waals surface area (Å²) in [7, 11) is 0. The molecule has 0 fully saturated rings. The standard InChI is InChI=1S/C18H28N6O9/c1-8(26)14(19)17(31)23-11(4-9-5-20-7-21-9)15(29)24-12(6-25)16(30)22-10(18(32)33)2-3-13(27)28/h5,7-8,10-12,14,25-26H,2-4,6,19H2,1H3,(H,20,21)(H,22,30)(H,23,31)(H,24,29)(H,27,28)(H,32,33). The number of carboxylic acid groups (broad SMARTS) is 2. The van der Waals surface area contributed by atoms with E-state index in [0.29, 0.717) is 5.69 Å². The highest BCUT2D eigenvalue weighted by molar-refractivity contribution is 5.94. The van der Waals surface area contributed by atoms with Gasteiger partial charge < -0.3 is 47.1 Å². The lowest BCUT2D eigenvalue weighted by molar-refractivity contribution is -0.143. The molecular weight excluding hydrogens is 444 g/mol. The first kappa shape index (κ1) is 27.5. The highest BCUT2D eigenvalue weighted by Gasteiger charge is 2.31. The molecule has 5 atom stereocenters. The Hall–Kier alpha value is -3.56. The number of aliphatic hydroxyl groups is 2. The van der Waals surface area contributed by atoms with E-state index in [4.69, 9.17) is 15.9 Å². The molecule has 33 heavy (non-hydrogen) atoms. The normalized spacial score (nSPS) is 15.4. The van der Waals surface area contributed by atoms with Gasteiger partial charge in [-0.05, 0) is 13.3 Å². The highest BCUT2D eigenvalue weighted by atomic mass is 16.4. The molecule has 1 aromatic rings. The molecule has 0 aliphatic carbocycles. The van der Waals surface area contributed by atoms with Crippen molar-refractivity contribution in [2.24, 2.45) is 5.73 Å². The van der Waals surface area contributed by atoms with Crippen molar-refractivity contribution in [2.75, 3.05) is 6.61 Å². The Morgan fingerprint density at radius 1 is 1.03 bits per heavy atom. The number of rotatable bonds is 14. The summed E-state index contributed by atoms with van der Waals surface area (Å²) in [5.41, 5.74) is 6.01. The van der Waals surface area contributed by atoms with Crippen LogP contribution >= 0.6 is 0 Å².